The van der Waals surface area contributed by atoms with Gasteiger partial charge in [-0.25, -0.2) is 0 Å². The Morgan fingerprint density at radius 1 is 0.228 bits per heavy atom. The first-order valence-corrected chi connectivity index (χ1v) is 20.0. The second-order valence-electron chi connectivity index (χ2n) is 15.9. The van der Waals surface area contributed by atoms with Crippen LogP contribution >= 0.6 is 0 Å². The number of hydrogen-bond acceptors (Lipinski definition) is 0. The van der Waals surface area contributed by atoms with Crippen LogP contribution in [0.5, 0.6) is 0 Å². The molecule has 2 aliphatic rings. The molecule has 11 aromatic rings. The zero-order valence-corrected chi connectivity index (χ0v) is 31.1. The Balaban J connectivity index is 1.10. The topological polar surface area (TPSA) is 0 Å². The fraction of sp³-hybridized carbons (Fsp3) is 0.0175. The fourth-order valence-corrected chi connectivity index (χ4v) is 10.9. The normalized spacial score (nSPS) is 13.4. The Morgan fingerprint density at radius 3 is 1.28 bits per heavy atom. The second-order valence-corrected chi connectivity index (χ2v) is 15.9. The number of rotatable bonds is 2. The van der Waals surface area contributed by atoms with E-state index < -0.39 is 5.41 Å². The van der Waals surface area contributed by atoms with Crippen LogP contribution in [0.15, 0.2) is 206 Å². The van der Waals surface area contributed by atoms with Crippen LogP contribution in [0.4, 0.5) is 0 Å². The Morgan fingerprint density at radius 2 is 0.667 bits per heavy atom. The van der Waals surface area contributed by atoms with E-state index in [1.165, 1.54) is 121 Å². The zero-order chi connectivity index (χ0) is 37.2. The van der Waals surface area contributed by atoms with Crippen molar-refractivity contribution in [3.05, 3.63) is 229 Å². The van der Waals surface area contributed by atoms with Crippen molar-refractivity contribution in [3.8, 4) is 44.5 Å². The standard InChI is InChI=1S/C57H34/c1-3-15-40-35(13-1)32-51(45-19-7-5-17-43(40)45)38-25-28-42-37(31-38)27-30-50-49-29-26-39(52-33-36-14-2-4-16-41(36)44-18-6-8-20-46(44)52)34-55(49)57(56(42)50)53-23-11-9-21-47(53)48-22-10-12-24-54(48)57/h1-34H. The molecule has 0 bridgehead atoms. The van der Waals surface area contributed by atoms with Crippen molar-refractivity contribution in [2.45, 2.75) is 5.41 Å². The SMILES string of the molecule is c1ccc2c(c1)-c1ccccc1C21c2cc(-c3cc4ccccc4c4ccccc34)ccc2-c2ccc3cc(-c4cc5ccccc5c5ccccc45)ccc3c21. The maximum absolute atomic E-state index is 2.53. The molecule has 262 valence electrons. The lowest BCUT2D eigenvalue weighted by molar-refractivity contribution is 0.801. The summed E-state index contributed by atoms with van der Waals surface area (Å²) < 4.78 is 0. The first kappa shape index (κ1) is 31.0. The molecule has 0 heterocycles. The molecule has 0 heteroatoms. The van der Waals surface area contributed by atoms with E-state index in [-0.39, 0.29) is 0 Å². The highest BCUT2D eigenvalue weighted by atomic mass is 14.5. The Labute approximate surface area is 330 Å². The van der Waals surface area contributed by atoms with Crippen molar-refractivity contribution in [1.29, 1.82) is 0 Å². The molecule has 0 aromatic heterocycles. The molecule has 2 aliphatic carbocycles. The van der Waals surface area contributed by atoms with Crippen LogP contribution in [0.2, 0.25) is 0 Å². The molecule has 0 fully saturated rings. The summed E-state index contributed by atoms with van der Waals surface area (Å²) >= 11 is 0. The minimum Gasteiger partial charge on any atom is -0.0619 e. The van der Waals surface area contributed by atoms with Crippen molar-refractivity contribution in [3.63, 3.8) is 0 Å². The molecule has 11 aromatic carbocycles. The molecular formula is C57H34. The highest BCUT2D eigenvalue weighted by molar-refractivity contribution is 6.16. The van der Waals surface area contributed by atoms with Gasteiger partial charge in [0.2, 0.25) is 0 Å². The fourth-order valence-electron chi connectivity index (χ4n) is 10.9. The molecule has 0 saturated heterocycles. The summed E-state index contributed by atoms with van der Waals surface area (Å²) in [5, 5.41) is 12.9. The quantitative estimate of drug-likeness (QED) is 0.156. The van der Waals surface area contributed by atoms with Crippen LogP contribution < -0.4 is 0 Å². The maximum Gasteiger partial charge on any atom is 0.0731 e. The van der Waals surface area contributed by atoms with E-state index in [0.29, 0.717) is 0 Å². The van der Waals surface area contributed by atoms with E-state index in [0.717, 1.165) is 0 Å². The smallest absolute Gasteiger partial charge is 0.0619 e. The van der Waals surface area contributed by atoms with Gasteiger partial charge in [-0.1, -0.05) is 182 Å². The average Bonchev–Trinajstić information content (AvgIpc) is 3.75. The molecule has 0 atom stereocenters. The predicted octanol–water partition coefficient (Wildman–Crippen LogP) is 15.1. The molecule has 0 nitrogen and oxygen atoms in total. The third-order valence-corrected chi connectivity index (χ3v) is 13.2. The zero-order valence-electron chi connectivity index (χ0n) is 31.1. The molecule has 0 unspecified atom stereocenters. The summed E-state index contributed by atoms with van der Waals surface area (Å²) in [5.74, 6) is 0. The van der Waals surface area contributed by atoms with E-state index >= 15 is 0 Å². The van der Waals surface area contributed by atoms with Crippen molar-refractivity contribution in [1.82, 2.24) is 0 Å². The molecule has 0 saturated carbocycles. The number of hydrogen-bond donors (Lipinski definition) is 0. The molecule has 0 N–H and O–H groups in total. The van der Waals surface area contributed by atoms with Gasteiger partial charge in [-0.15, -0.1) is 0 Å². The van der Waals surface area contributed by atoms with Gasteiger partial charge in [0.15, 0.2) is 0 Å². The lowest BCUT2D eigenvalue weighted by atomic mass is 9.69. The molecule has 1 spiro atoms. The van der Waals surface area contributed by atoms with Gasteiger partial charge in [-0.3, -0.25) is 0 Å². The van der Waals surface area contributed by atoms with Gasteiger partial charge in [0, 0.05) is 0 Å². The van der Waals surface area contributed by atoms with E-state index in [1.54, 1.807) is 0 Å². The van der Waals surface area contributed by atoms with Crippen LogP contribution in [-0.4, -0.2) is 0 Å². The van der Waals surface area contributed by atoms with Crippen LogP contribution in [-0.2, 0) is 5.41 Å². The van der Waals surface area contributed by atoms with E-state index in [9.17, 15) is 0 Å². The lowest BCUT2D eigenvalue weighted by Gasteiger charge is -2.32. The maximum atomic E-state index is 2.53. The lowest BCUT2D eigenvalue weighted by Crippen LogP contribution is -2.26. The number of fused-ring (bicyclic) bond motifs is 18. The monoisotopic (exact) mass is 718 g/mol. The van der Waals surface area contributed by atoms with Crippen molar-refractivity contribution in [2.75, 3.05) is 0 Å². The van der Waals surface area contributed by atoms with E-state index in [4.69, 9.17) is 0 Å². The summed E-state index contributed by atoms with van der Waals surface area (Å²) in [4.78, 5) is 0. The minimum absolute atomic E-state index is 0.475. The summed E-state index contributed by atoms with van der Waals surface area (Å²) in [5.41, 5.74) is 15.3. The van der Waals surface area contributed by atoms with Crippen molar-refractivity contribution < 1.29 is 0 Å². The third-order valence-electron chi connectivity index (χ3n) is 13.2. The molecule has 0 aliphatic heterocycles. The summed E-state index contributed by atoms with van der Waals surface area (Å²) in [6, 6.07) is 77.7. The van der Waals surface area contributed by atoms with Gasteiger partial charge in [0.1, 0.15) is 0 Å². The van der Waals surface area contributed by atoms with Gasteiger partial charge in [0.25, 0.3) is 0 Å². The molecule has 57 heavy (non-hydrogen) atoms. The van der Waals surface area contributed by atoms with Crippen LogP contribution in [0.25, 0.3) is 98.4 Å². The second kappa shape index (κ2) is 11.4. The highest BCUT2D eigenvalue weighted by Gasteiger charge is 2.52. The van der Waals surface area contributed by atoms with Crippen LogP contribution in [0.1, 0.15) is 22.3 Å². The van der Waals surface area contributed by atoms with Gasteiger partial charge in [0.05, 0.1) is 5.41 Å². The van der Waals surface area contributed by atoms with Crippen LogP contribution in [0, 0.1) is 0 Å². The highest BCUT2D eigenvalue weighted by Crippen LogP contribution is 2.64. The first-order chi connectivity index (χ1) is 28.3. The number of benzene rings is 11. The van der Waals surface area contributed by atoms with Gasteiger partial charge < -0.3 is 0 Å². The molecule has 13 rings (SSSR count). The summed E-state index contributed by atoms with van der Waals surface area (Å²) in [6.45, 7) is 0. The molecular weight excluding hydrogens is 685 g/mol. The van der Waals surface area contributed by atoms with Crippen molar-refractivity contribution >= 4 is 53.9 Å². The largest absolute Gasteiger partial charge is 0.0731 e. The third kappa shape index (κ3) is 4.07. The average molecular weight is 719 g/mol. The molecule has 0 radical (unpaired) electrons. The predicted molar refractivity (Wildman–Crippen MR) is 241 cm³/mol. The Kier molecular flexibility index (Phi) is 6.19. The Bertz CT molecular complexity index is 3480. The minimum atomic E-state index is -0.475. The van der Waals surface area contributed by atoms with Crippen molar-refractivity contribution in [2.24, 2.45) is 0 Å². The van der Waals surface area contributed by atoms with E-state index in [1.807, 2.05) is 0 Å². The van der Waals surface area contributed by atoms with Gasteiger partial charge in [-0.2, -0.15) is 0 Å². The van der Waals surface area contributed by atoms with Gasteiger partial charge in [-0.05, 0) is 145 Å². The van der Waals surface area contributed by atoms with Crippen LogP contribution in [0.3, 0.4) is 0 Å². The van der Waals surface area contributed by atoms with Gasteiger partial charge >= 0.3 is 0 Å². The summed E-state index contributed by atoms with van der Waals surface area (Å²) in [7, 11) is 0. The molecule has 0 amide bonds. The van der Waals surface area contributed by atoms with E-state index in [2.05, 4.69) is 206 Å². The first-order valence-electron chi connectivity index (χ1n) is 20.0. The summed E-state index contributed by atoms with van der Waals surface area (Å²) in [6.07, 6.45) is 0. The Hall–Kier alpha value is -7.28.